The van der Waals surface area contributed by atoms with E-state index in [1.54, 1.807) is 13.2 Å². The van der Waals surface area contributed by atoms with Gasteiger partial charge < -0.3 is 9.64 Å². The number of nitrogens with zero attached hydrogens (tertiary/aromatic N) is 4. The van der Waals surface area contributed by atoms with Crippen LogP contribution in [-0.4, -0.2) is 53.0 Å². The van der Waals surface area contributed by atoms with E-state index in [1.807, 2.05) is 10.7 Å². The summed E-state index contributed by atoms with van der Waals surface area (Å²) in [4.78, 5) is 7.23. The van der Waals surface area contributed by atoms with Crippen LogP contribution in [0.3, 0.4) is 0 Å². The minimum atomic E-state index is -0.252. The van der Waals surface area contributed by atoms with Gasteiger partial charge in [0.15, 0.2) is 5.82 Å². The third-order valence-corrected chi connectivity index (χ3v) is 4.78. The summed E-state index contributed by atoms with van der Waals surface area (Å²) < 4.78 is 20.7. The lowest BCUT2D eigenvalue weighted by Crippen LogP contribution is -2.35. The van der Waals surface area contributed by atoms with Crippen molar-refractivity contribution in [2.45, 2.75) is 38.6 Å². The van der Waals surface area contributed by atoms with Crippen LogP contribution < -0.4 is 0 Å². The highest BCUT2D eigenvalue weighted by Gasteiger charge is 2.25. The summed E-state index contributed by atoms with van der Waals surface area (Å²) in [6, 6.07) is 6.52. The molecule has 0 atom stereocenters. The maximum Gasteiger partial charge on any atom is 0.181 e. The SMILES string of the molecule is CCCn1nc(-c2cccc(F)c2)nc1C1CCN(CCOC)CC1. The van der Waals surface area contributed by atoms with Crippen molar-refractivity contribution in [3.05, 3.63) is 35.9 Å². The predicted molar refractivity (Wildman–Crippen MR) is 96.0 cm³/mol. The van der Waals surface area contributed by atoms with Crippen LogP contribution >= 0.6 is 0 Å². The van der Waals surface area contributed by atoms with Gasteiger partial charge in [0.25, 0.3) is 0 Å². The molecule has 1 saturated heterocycles. The number of hydrogen-bond donors (Lipinski definition) is 0. The van der Waals surface area contributed by atoms with E-state index in [9.17, 15) is 4.39 Å². The van der Waals surface area contributed by atoms with E-state index in [4.69, 9.17) is 9.72 Å². The monoisotopic (exact) mass is 346 g/mol. The summed E-state index contributed by atoms with van der Waals surface area (Å²) in [5, 5.41) is 4.66. The molecular formula is C19H27FN4O. The molecule has 0 amide bonds. The molecule has 0 bridgehead atoms. The number of halogens is 1. The predicted octanol–water partition coefficient (Wildman–Crippen LogP) is 3.32. The maximum absolute atomic E-state index is 13.5. The molecule has 6 heteroatoms. The first kappa shape index (κ1) is 18.0. The van der Waals surface area contributed by atoms with E-state index < -0.39 is 0 Å². The second-order valence-corrected chi connectivity index (χ2v) is 6.64. The van der Waals surface area contributed by atoms with Gasteiger partial charge in [-0.2, -0.15) is 5.10 Å². The Balaban J connectivity index is 1.76. The van der Waals surface area contributed by atoms with Crippen molar-refractivity contribution in [1.29, 1.82) is 0 Å². The fourth-order valence-corrected chi connectivity index (χ4v) is 3.42. The summed E-state index contributed by atoms with van der Waals surface area (Å²) in [6.45, 7) is 6.87. The fourth-order valence-electron chi connectivity index (χ4n) is 3.42. The van der Waals surface area contributed by atoms with Crippen LogP contribution in [0.4, 0.5) is 4.39 Å². The fraction of sp³-hybridized carbons (Fsp3) is 0.579. The molecule has 3 rings (SSSR count). The maximum atomic E-state index is 13.5. The summed E-state index contributed by atoms with van der Waals surface area (Å²) in [7, 11) is 1.74. The molecule has 0 saturated carbocycles. The highest BCUT2D eigenvalue weighted by molar-refractivity contribution is 5.54. The molecular weight excluding hydrogens is 319 g/mol. The van der Waals surface area contributed by atoms with Crippen LogP contribution in [0.5, 0.6) is 0 Å². The molecule has 1 aromatic carbocycles. The highest BCUT2D eigenvalue weighted by atomic mass is 19.1. The molecule has 0 spiro atoms. The molecule has 1 aromatic heterocycles. The summed E-state index contributed by atoms with van der Waals surface area (Å²) in [5.41, 5.74) is 0.744. The first-order valence-electron chi connectivity index (χ1n) is 9.13. The molecule has 25 heavy (non-hydrogen) atoms. The number of aromatic nitrogens is 3. The van der Waals surface area contributed by atoms with E-state index in [-0.39, 0.29) is 5.82 Å². The van der Waals surface area contributed by atoms with Gasteiger partial charge in [-0.05, 0) is 44.5 Å². The van der Waals surface area contributed by atoms with Crippen molar-refractivity contribution in [2.24, 2.45) is 0 Å². The third kappa shape index (κ3) is 4.44. The van der Waals surface area contributed by atoms with E-state index in [1.165, 1.54) is 12.1 Å². The lowest BCUT2D eigenvalue weighted by molar-refractivity contribution is 0.129. The Morgan fingerprint density at radius 1 is 1.24 bits per heavy atom. The van der Waals surface area contributed by atoms with E-state index in [0.29, 0.717) is 11.7 Å². The molecule has 0 radical (unpaired) electrons. The van der Waals surface area contributed by atoms with Gasteiger partial charge in [-0.15, -0.1) is 0 Å². The van der Waals surface area contributed by atoms with Crippen molar-refractivity contribution in [3.63, 3.8) is 0 Å². The summed E-state index contributed by atoms with van der Waals surface area (Å²) in [5.74, 6) is 1.84. The summed E-state index contributed by atoms with van der Waals surface area (Å²) >= 11 is 0. The van der Waals surface area contributed by atoms with Gasteiger partial charge in [0.1, 0.15) is 11.6 Å². The van der Waals surface area contributed by atoms with Gasteiger partial charge in [0, 0.05) is 31.7 Å². The molecule has 136 valence electrons. The molecule has 2 aromatic rings. The topological polar surface area (TPSA) is 43.2 Å². The van der Waals surface area contributed by atoms with Crippen molar-refractivity contribution in [2.75, 3.05) is 33.4 Å². The van der Waals surface area contributed by atoms with Gasteiger partial charge in [-0.3, -0.25) is 0 Å². The number of hydrogen-bond acceptors (Lipinski definition) is 4. The molecule has 2 heterocycles. The zero-order chi connectivity index (χ0) is 17.6. The standard InChI is InChI=1S/C19H27FN4O/c1-3-9-24-19(15-7-10-23(11-8-15)12-13-25-2)21-18(22-24)16-5-4-6-17(20)14-16/h4-6,14-15H,3,7-13H2,1-2H3. The van der Waals surface area contributed by atoms with Crippen LogP contribution in [-0.2, 0) is 11.3 Å². The Labute approximate surface area is 148 Å². The number of aryl methyl sites for hydroxylation is 1. The molecule has 5 nitrogen and oxygen atoms in total. The molecule has 1 aliphatic rings. The van der Waals surface area contributed by atoms with Crippen molar-refractivity contribution < 1.29 is 9.13 Å². The lowest BCUT2D eigenvalue weighted by atomic mass is 9.96. The van der Waals surface area contributed by atoms with Crippen LogP contribution in [0.25, 0.3) is 11.4 Å². The smallest absolute Gasteiger partial charge is 0.181 e. The van der Waals surface area contributed by atoms with Crippen LogP contribution in [0.1, 0.15) is 37.9 Å². The average Bonchev–Trinajstić information content (AvgIpc) is 3.05. The van der Waals surface area contributed by atoms with Crippen LogP contribution in [0, 0.1) is 5.82 Å². The van der Waals surface area contributed by atoms with Crippen molar-refractivity contribution >= 4 is 0 Å². The second kappa shape index (κ2) is 8.54. The Bertz CT molecular complexity index is 680. The number of rotatable bonds is 7. The molecule has 0 N–H and O–H groups in total. The molecule has 1 aliphatic heterocycles. The number of likely N-dealkylation sites (tertiary alicyclic amines) is 1. The number of benzene rings is 1. The minimum Gasteiger partial charge on any atom is -0.383 e. The lowest BCUT2D eigenvalue weighted by Gasteiger charge is -2.31. The van der Waals surface area contributed by atoms with Gasteiger partial charge in [-0.1, -0.05) is 19.1 Å². The molecule has 1 fully saturated rings. The van der Waals surface area contributed by atoms with Crippen LogP contribution in [0.2, 0.25) is 0 Å². The van der Waals surface area contributed by atoms with Gasteiger partial charge in [0.2, 0.25) is 0 Å². The summed E-state index contributed by atoms with van der Waals surface area (Å²) in [6.07, 6.45) is 3.16. The quantitative estimate of drug-likeness (QED) is 0.771. The van der Waals surface area contributed by atoms with Crippen LogP contribution in [0.15, 0.2) is 24.3 Å². The minimum absolute atomic E-state index is 0.252. The zero-order valence-corrected chi connectivity index (χ0v) is 15.1. The van der Waals surface area contributed by atoms with Gasteiger partial charge in [-0.25, -0.2) is 14.1 Å². The molecule has 0 aliphatic carbocycles. The normalized spacial score (nSPS) is 16.4. The number of ether oxygens (including phenoxy) is 1. The van der Waals surface area contributed by atoms with Gasteiger partial charge in [0.05, 0.1) is 6.61 Å². The molecule has 0 unspecified atom stereocenters. The Kier molecular flexibility index (Phi) is 6.15. The van der Waals surface area contributed by atoms with E-state index in [2.05, 4.69) is 16.9 Å². The van der Waals surface area contributed by atoms with Crippen molar-refractivity contribution in [1.82, 2.24) is 19.7 Å². The Morgan fingerprint density at radius 2 is 2.04 bits per heavy atom. The van der Waals surface area contributed by atoms with E-state index in [0.717, 1.165) is 63.4 Å². The number of piperidine rings is 1. The Morgan fingerprint density at radius 3 is 2.72 bits per heavy atom. The zero-order valence-electron chi connectivity index (χ0n) is 15.1. The average molecular weight is 346 g/mol. The van der Waals surface area contributed by atoms with E-state index >= 15 is 0 Å². The first-order valence-corrected chi connectivity index (χ1v) is 9.13. The first-order chi connectivity index (χ1) is 12.2. The van der Waals surface area contributed by atoms with Gasteiger partial charge >= 0.3 is 0 Å². The number of methoxy groups -OCH3 is 1. The second-order valence-electron chi connectivity index (χ2n) is 6.64. The largest absolute Gasteiger partial charge is 0.383 e. The van der Waals surface area contributed by atoms with Crippen molar-refractivity contribution in [3.8, 4) is 11.4 Å². The Hall–Kier alpha value is -1.79. The third-order valence-electron chi connectivity index (χ3n) is 4.78. The highest BCUT2D eigenvalue weighted by Crippen LogP contribution is 2.29.